The molecule has 7 nitrogen and oxygen atoms in total. The molecule has 21 heavy (non-hydrogen) atoms. The number of sulfone groups is 1. The molecule has 0 bridgehead atoms. The number of aromatic nitrogens is 1. The Kier molecular flexibility index (Phi) is 3.65. The van der Waals surface area contributed by atoms with E-state index in [9.17, 15) is 23.4 Å². The Bertz CT molecular complexity index is 787. The summed E-state index contributed by atoms with van der Waals surface area (Å²) in [4.78, 5) is 11.4. The number of hydrogen-bond acceptors (Lipinski definition) is 6. The first kappa shape index (κ1) is 14.9. The Morgan fingerprint density at radius 3 is 2.19 bits per heavy atom. The quantitative estimate of drug-likeness (QED) is 0.822. The van der Waals surface area contributed by atoms with E-state index < -0.39 is 15.8 Å². The van der Waals surface area contributed by atoms with Gasteiger partial charge in [0, 0.05) is 18.4 Å². The van der Waals surface area contributed by atoms with Crippen LogP contribution in [0.1, 0.15) is 10.4 Å². The summed E-state index contributed by atoms with van der Waals surface area (Å²) in [5.74, 6) is -1.39. The number of carbonyl (C=O) groups is 1. The summed E-state index contributed by atoms with van der Waals surface area (Å²) in [6, 6.07) is 6.14. The van der Waals surface area contributed by atoms with Crippen molar-refractivity contribution in [2.75, 3.05) is 13.4 Å². The maximum Gasteiger partial charge on any atom is 0.337 e. The van der Waals surface area contributed by atoms with Gasteiger partial charge in [-0.1, -0.05) is 0 Å². The van der Waals surface area contributed by atoms with E-state index in [1.165, 1.54) is 37.4 Å². The van der Waals surface area contributed by atoms with Gasteiger partial charge in [0.25, 0.3) is 0 Å². The third-order valence-corrected chi connectivity index (χ3v) is 4.00. The number of nitrogens with zero attached hydrogens (tertiary/aromatic N) is 1. The summed E-state index contributed by atoms with van der Waals surface area (Å²) in [5.41, 5.74) is 0.0489. The normalized spacial score (nSPS) is 11.3. The highest BCUT2D eigenvalue weighted by Crippen LogP contribution is 2.31. The van der Waals surface area contributed by atoms with Crippen molar-refractivity contribution in [3.05, 3.63) is 35.9 Å². The van der Waals surface area contributed by atoms with Crippen molar-refractivity contribution in [2.24, 2.45) is 0 Å². The van der Waals surface area contributed by atoms with Crippen molar-refractivity contribution < 1.29 is 28.2 Å². The molecule has 0 aliphatic carbocycles. The molecule has 0 fully saturated rings. The van der Waals surface area contributed by atoms with Crippen LogP contribution in [0.2, 0.25) is 0 Å². The Morgan fingerprint density at radius 1 is 1.14 bits per heavy atom. The molecule has 0 spiro atoms. The maximum atomic E-state index is 11.8. The zero-order valence-corrected chi connectivity index (χ0v) is 12.1. The number of ether oxygens (including phenoxy) is 1. The number of rotatable bonds is 3. The first-order chi connectivity index (χ1) is 9.75. The molecule has 1 heterocycles. The van der Waals surface area contributed by atoms with Gasteiger partial charge in [-0.2, -0.15) is 0 Å². The Hall–Kier alpha value is -2.48. The topological polar surface area (TPSA) is 106 Å². The van der Waals surface area contributed by atoms with Crippen molar-refractivity contribution in [3.63, 3.8) is 0 Å². The van der Waals surface area contributed by atoms with E-state index in [-0.39, 0.29) is 27.9 Å². The largest absolute Gasteiger partial charge is 0.494 e. The van der Waals surface area contributed by atoms with Crippen LogP contribution in [0.25, 0.3) is 5.69 Å². The molecule has 1 aromatic carbocycles. The van der Waals surface area contributed by atoms with E-state index in [4.69, 9.17) is 0 Å². The molecule has 0 saturated carbocycles. The number of carbonyl (C=O) groups excluding carboxylic acids is 1. The van der Waals surface area contributed by atoms with Gasteiger partial charge >= 0.3 is 5.97 Å². The van der Waals surface area contributed by atoms with Gasteiger partial charge < -0.3 is 14.9 Å². The van der Waals surface area contributed by atoms with Crippen LogP contribution in [0.5, 0.6) is 11.8 Å². The first-order valence-electron chi connectivity index (χ1n) is 5.78. The SMILES string of the molecule is COC(=O)c1ccc(S(C)(=O)=O)c(-n2c(O)ccc2O)c1. The molecular formula is C13H13NO6S. The van der Waals surface area contributed by atoms with E-state index in [0.29, 0.717) is 0 Å². The van der Waals surface area contributed by atoms with E-state index in [1.807, 2.05) is 0 Å². The first-order valence-corrected chi connectivity index (χ1v) is 7.67. The van der Waals surface area contributed by atoms with Gasteiger partial charge in [0.2, 0.25) is 0 Å². The lowest BCUT2D eigenvalue weighted by molar-refractivity contribution is 0.0600. The number of benzene rings is 1. The Morgan fingerprint density at radius 2 is 1.71 bits per heavy atom. The molecule has 0 radical (unpaired) electrons. The number of methoxy groups -OCH3 is 1. The minimum absolute atomic E-state index is 0.0413. The third-order valence-electron chi connectivity index (χ3n) is 2.86. The van der Waals surface area contributed by atoms with Crippen LogP contribution < -0.4 is 0 Å². The summed E-state index contributed by atoms with van der Waals surface area (Å²) in [6.45, 7) is 0. The molecule has 0 aliphatic rings. The summed E-state index contributed by atoms with van der Waals surface area (Å²) in [6.07, 6.45) is 0.987. The highest BCUT2D eigenvalue weighted by molar-refractivity contribution is 7.90. The molecule has 1 aromatic heterocycles. The van der Waals surface area contributed by atoms with Crippen molar-refractivity contribution in [2.45, 2.75) is 4.90 Å². The smallest absolute Gasteiger partial charge is 0.337 e. The van der Waals surface area contributed by atoms with Crippen LogP contribution in [0.15, 0.2) is 35.2 Å². The fourth-order valence-electron chi connectivity index (χ4n) is 1.91. The molecule has 0 saturated heterocycles. The van der Waals surface area contributed by atoms with Gasteiger partial charge in [-0.3, -0.25) is 4.57 Å². The summed E-state index contributed by atoms with van der Waals surface area (Å²) < 4.78 is 29.2. The van der Waals surface area contributed by atoms with Crippen LogP contribution in [0, 0.1) is 0 Å². The fraction of sp³-hybridized carbons (Fsp3) is 0.154. The standard InChI is InChI=1S/C13H13NO6S/c1-20-13(17)8-3-4-10(21(2,18)19)9(7-8)14-11(15)5-6-12(14)16/h3-7,15-16H,1-2H3. The van der Waals surface area contributed by atoms with Crippen LogP contribution in [0.3, 0.4) is 0 Å². The second kappa shape index (κ2) is 5.13. The maximum absolute atomic E-state index is 11.8. The third kappa shape index (κ3) is 2.70. The van der Waals surface area contributed by atoms with Gasteiger partial charge in [0.05, 0.1) is 23.3 Å². The van der Waals surface area contributed by atoms with Crippen molar-refractivity contribution in [1.29, 1.82) is 0 Å². The fourth-order valence-corrected chi connectivity index (χ4v) is 2.76. The van der Waals surface area contributed by atoms with E-state index in [1.54, 1.807) is 0 Å². The van der Waals surface area contributed by atoms with Gasteiger partial charge in [0.1, 0.15) is 0 Å². The molecule has 112 valence electrons. The lowest BCUT2D eigenvalue weighted by Gasteiger charge is -2.13. The average Bonchev–Trinajstić information content (AvgIpc) is 2.75. The van der Waals surface area contributed by atoms with E-state index in [0.717, 1.165) is 10.8 Å². The summed E-state index contributed by atoms with van der Waals surface area (Å²) in [5, 5.41) is 19.5. The predicted octanol–water partition coefficient (Wildman–Crippen LogP) is 1.08. The van der Waals surface area contributed by atoms with Crippen LogP contribution in [-0.2, 0) is 14.6 Å². The second-order valence-corrected chi connectivity index (χ2v) is 6.32. The minimum Gasteiger partial charge on any atom is -0.494 e. The van der Waals surface area contributed by atoms with Crippen molar-refractivity contribution in [3.8, 4) is 17.4 Å². The molecule has 0 amide bonds. The second-order valence-electron chi connectivity index (χ2n) is 4.33. The Balaban J connectivity index is 2.80. The van der Waals surface area contributed by atoms with Crippen LogP contribution >= 0.6 is 0 Å². The lowest BCUT2D eigenvalue weighted by Crippen LogP contribution is -2.08. The molecule has 0 unspecified atom stereocenters. The molecule has 0 atom stereocenters. The monoisotopic (exact) mass is 311 g/mol. The lowest BCUT2D eigenvalue weighted by atomic mass is 10.2. The van der Waals surface area contributed by atoms with Crippen LogP contribution in [0.4, 0.5) is 0 Å². The number of esters is 1. The highest BCUT2D eigenvalue weighted by atomic mass is 32.2. The Labute approximate surface area is 120 Å². The predicted molar refractivity (Wildman–Crippen MR) is 73.5 cm³/mol. The molecule has 0 aliphatic heterocycles. The molecule has 8 heteroatoms. The van der Waals surface area contributed by atoms with E-state index in [2.05, 4.69) is 4.74 Å². The van der Waals surface area contributed by atoms with Gasteiger partial charge in [-0.25, -0.2) is 13.2 Å². The number of hydrogen-bond donors (Lipinski definition) is 2. The van der Waals surface area contributed by atoms with Gasteiger partial charge in [0.15, 0.2) is 21.6 Å². The summed E-state index contributed by atoms with van der Waals surface area (Å²) in [7, 11) is -2.45. The number of aromatic hydroxyl groups is 2. The van der Waals surface area contributed by atoms with Crippen LogP contribution in [-0.4, -0.2) is 42.5 Å². The van der Waals surface area contributed by atoms with Gasteiger partial charge in [-0.05, 0) is 18.2 Å². The van der Waals surface area contributed by atoms with Crippen molar-refractivity contribution in [1.82, 2.24) is 4.57 Å². The van der Waals surface area contributed by atoms with E-state index >= 15 is 0 Å². The molecule has 2 rings (SSSR count). The molecule has 2 aromatic rings. The average molecular weight is 311 g/mol. The molecular weight excluding hydrogens is 298 g/mol. The van der Waals surface area contributed by atoms with Crippen molar-refractivity contribution >= 4 is 15.8 Å². The summed E-state index contributed by atoms with van der Waals surface area (Å²) >= 11 is 0. The zero-order chi connectivity index (χ0) is 15.8. The minimum atomic E-state index is -3.64. The zero-order valence-electron chi connectivity index (χ0n) is 11.3. The van der Waals surface area contributed by atoms with Gasteiger partial charge in [-0.15, -0.1) is 0 Å². The highest BCUT2D eigenvalue weighted by Gasteiger charge is 2.21. The molecule has 2 N–H and O–H groups in total.